The molecule has 0 radical (unpaired) electrons. The van der Waals surface area contributed by atoms with Crippen molar-refractivity contribution in [3.63, 3.8) is 0 Å². The van der Waals surface area contributed by atoms with Gasteiger partial charge in [0, 0.05) is 5.92 Å². The summed E-state index contributed by atoms with van der Waals surface area (Å²) < 4.78 is 0. The minimum absolute atomic E-state index is 0.542. The van der Waals surface area contributed by atoms with Gasteiger partial charge in [-0.15, -0.1) is 0 Å². The molecule has 1 unspecified atom stereocenters. The second-order valence-corrected chi connectivity index (χ2v) is 6.44. The molecular weight excluding hydrogens is 254 g/mol. The summed E-state index contributed by atoms with van der Waals surface area (Å²) >= 11 is 0. The molecule has 1 atom stereocenters. The highest BCUT2D eigenvalue weighted by Crippen LogP contribution is 2.37. The van der Waals surface area contributed by atoms with Crippen molar-refractivity contribution < 1.29 is 0 Å². The van der Waals surface area contributed by atoms with E-state index in [1.165, 1.54) is 42.6 Å². The molecule has 21 heavy (non-hydrogen) atoms. The van der Waals surface area contributed by atoms with E-state index in [0.717, 1.165) is 5.92 Å². The van der Waals surface area contributed by atoms with Crippen LogP contribution in [0, 0.1) is 12.8 Å². The molecule has 0 spiro atoms. The van der Waals surface area contributed by atoms with Gasteiger partial charge < -0.3 is 4.90 Å². The Morgan fingerprint density at radius 2 is 1.43 bits per heavy atom. The molecule has 3 rings (SSSR count). The number of benzene rings is 2. The number of hydrogen-bond acceptors (Lipinski definition) is 1. The quantitative estimate of drug-likeness (QED) is 0.801. The molecule has 110 valence electrons. The maximum Gasteiger partial charge on any atom is 0.0119 e. The number of hydrogen-bond donors (Lipinski definition) is 0. The standard InChI is InChI=1S/C20H25N/c1-16-8-10-18(11-9-16)20(17-6-4-3-5-7-17)19-12-14-21(2)15-13-19/h3-11,19-20H,12-15H2,1-2H3. The largest absolute Gasteiger partial charge is 0.306 e. The first kappa shape index (κ1) is 14.3. The molecule has 0 amide bonds. The molecule has 1 nitrogen and oxygen atoms in total. The number of rotatable bonds is 3. The van der Waals surface area contributed by atoms with Gasteiger partial charge in [-0.05, 0) is 56.9 Å². The van der Waals surface area contributed by atoms with Gasteiger partial charge in [0.05, 0.1) is 0 Å². The lowest BCUT2D eigenvalue weighted by atomic mass is 9.76. The maximum absolute atomic E-state index is 2.45. The first-order chi connectivity index (χ1) is 10.2. The van der Waals surface area contributed by atoms with Crippen LogP contribution < -0.4 is 0 Å². The topological polar surface area (TPSA) is 3.24 Å². The van der Waals surface area contributed by atoms with Crippen molar-refractivity contribution >= 4 is 0 Å². The van der Waals surface area contributed by atoms with Gasteiger partial charge in [0.15, 0.2) is 0 Å². The van der Waals surface area contributed by atoms with Crippen LogP contribution in [0.3, 0.4) is 0 Å². The van der Waals surface area contributed by atoms with E-state index in [2.05, 4.69) is 73.5 Å². The van der Waals surface area contributed by atoms with Gasteiger partial charge in [0.2, 0.25) is 0 Å². The van der Waals surface area contributed by atoms with Crippen LogP contribution in [0.15, 0.2) is 54.6 Å². The molecule has 1 fully saturated rings. The second-order valence-electron chi connectivity index (χ2n) is 6.44. The van der Waals surface area contributed by atoms with Crippen LogP contribution in [0.5, 0.6) is 0 Å². The molecule has 1 heterocycles. The Hall–Kier alpha value is -1.60. The zero-order chi connectivity index (χ0) is 14.7. The van der Waals surface area contributed by atoms with E-state index in [1.54, 1.807) is 0 Å². The maximum atomic E-state index is 2.45. The highest BCUT2D eigenvalue weighted by Gasteiger charge is 2.27. The molecule has 1 aliphatic rings. The van der Waals surface area contributed by atoms with Gasteiger partial charge in [-0.1, -0.05) is 60.2 Å². The van der Waals surface area contributed by atoms with E-state index < -0.39 is 0 Å². The number of piperidine rings is 1. The zero-order valence-electron chi connectivity index (χ0n) is 13.1. The predicted molar refractivity (Wildman–Crippen MR) is 89.7 cm³/mol. The normalized spacial score (nSPS) is 18.6. The average molecular weight is 279 g/mol. The van der Waals surface area contributed by atoms with Crippen molar-refractivity contribution in [1.29, 1.82) is 0 Å². The molecule has 0 N–H and O–H groups in total. The van der Waals surface area contributed by atoms with Gasteiger partial charge in [0.1, 0.15) is 0 Å². The van der Waals surface area contributed by atoms with E-state index in [-0.39, 0.29) is 0 Å². The number of nitrogens with zero attached hydrogens (tertiary/aromatic N) is 1. The van der Waals surface area contributed by atoms with Gasteiger partial charge in [-0.3, -0.25) is 0 Å². The van der Waals surface area contributed by atoms with Crippen LogP contribution in [0.4, 0.5) is 0 Å². The molecule has 0 aliphatic carbocycles. The lowest BCUT2D eigenvalue weighted by molar-refractivity contribution is 0.207. The van der Waals surface area contributed by atoms with Crippen molar-refractivity contribution in [1.82, 2.24) is 4.90 Å². The highest BCUT2D eigenvalue weighted by molar-refractivity contribution is 5.35. The van der Waals surface area contributed by atoms with Crippen molar-refractivity contribution in [3.8, 4) is 0 Å². The minimum Gasteiger partial charge on any atom is -0.306 e. The molecule has 2 aromatic carbocycles. The van der Waals surface area contributed by atoms with E-state index >= 15 is 0 Å². The van der Waals surface area contributed by atoms with Gasteiger partial charge >= 0.3 is 0 Å². The van der Waals surface area contributed by atoms with Gasteiger partial charge in [0.25, 0.3) is 0 Å². The molecule has 1 aliphatic heterocycles. The summed E-state index contributed by atoms with van der Waals surface area (Å²) in [6.07, 6.45) is 2.59. The van der Waals surface area contributed by atoms with Crippen LogP contribution in [0.2, 0.25) is 0 Å². The lowest BCUT2D eigenvalue weighted by Crippen LogP contribution is -2.33. The van der Waals surface area contributed by atoms with E-state index in [9.17, 15) is 0 Å². The Morgan fingerprint density at radius 1 is 0.857 bits per heavy atom. The summed E-state index contributed by atoms with van der Waals surface area (Å²) in [6, 6.07) is 20.2. The summed E-state index contributed by atoms with van der Waals surface area (Å²) in [5.74, 6) is 1.30. The summed E-state index contributed by atoms with van der Waals surface area (Å²) in [7, 11) is 2.24. The van der Waals surface area contributed by atoms with Gasteiger partial charge in [-0.25, -0.2) is 0 Å². The average Bonchev–Trinajstić information content (AvgIpc) is 2.52. The van der Waals surface area contributed by atoms with Crippen LogP contribution in [0.1, 0.15) is 35.4 Å². The number of likely N-dealkylation sites (tertiary alicyclic amines) is 1. The molecule has 2 aromatic rings. The third-order valence-electron chi connectivity index (χ3n) is 4.83. The molecule has 1 heteroatoms. The molecule has 0 bridgehead atoms. The van der Waals surface area contributed by atoms with Crippen LogP contribution in [-0.4, -0.2) is 25.0 Å². The third-order valence-corrected chi connectivity index (χ3v) is 4.83. The molecule has 0 saturated carbocycles. The molecular formula is C20H25N. The first-order valence-electron chi connectivity index (χ1n) is 8.04. The van der Waals surface area contributed by atoms with Crippen LogP contribution in [-0.2, 0) is 0 Å². The fraction of sp³-hybridized carbons (Fsp3) is 0.400. The Morgan fingerprint density at radius 3 is 2.05 bits per heavy atom. The van der Waals surface area contributed by atoms with Crippen molar-refractivity contribution in [2.75, 3.05) is 20.1 Å². The number of aryl methyl sites for hydroxylation is 1. The predicted octanol–water partition coefficient (Wildman–Crippen LogP) is 4.47. The van der Waals surface area contributed by atoms with Crippen molar-refractivity contribution in [2.45, 2.75) is 25.7 Å². The van der Waals surface area contributed by atoms with Crippen LogP contribution >= 0.6 is 0 Å². The smallest absolute Gasteiger partial charge is 0.0119 e. The summed E-state index contributed by atoms with van der Waals surface area (Å²) in [6.45, 7) is 4.61. The fourth-order valence-electron chi connectivity index (χ4n) is 3.53. The Labute approximate surface area is 128 Å². The highest BCUT2D eigenvalue weighted by atomic mass is 15.1. The third kappa shape index (κ3) is 3.36. The van der Waals surface area contributed by atoms with Crippen LogP contribution in [0.25, 0.3) is 0 Å². The van der Waals surface area contributed by atoms with Crippen molar-refractivity contribution in [2.24, 2.45) is 5.92 Å². The fourth-order valence-corrected chi connectivity index (χ4v) is 3.53. The first-order valence-corrected chi connectivity index (χ1v) is 8.04. The molecule has 0 aromatic heterocycles. The monoisotopic (exact) mass is 279 g/mol. The SMILES string of the molecule is Cc1ccc(C(c2ccccc2)C2CCN(C)CC2)cc1. The Balaban J connectivity index is 1.93. The zero-order valence-corrected chi connectivity index (χ0v) is 13.1. The second kappa shape index (κ2) is 6.44. The van der Waals surface area contributed by atoms with E-state index in [4.69, 9.17) is 0 Å². The van der Waals surface area contributed by atoms with Gasteiger partial charge in [-0.2, -0.15) is 0 Å². The molecule has 1 saturated heterocycles. The van der Waals surface area contributed by atoms with E-state index in [0.29, 0.717) is 5.92 Å². The minimum atomic E-state index is 0.542. The summed E-state index contributed by atoms with van der Waals surface area (Å²) in [5, 5.41) is 0. The Bertz CT molecular complexity index is 550. The lowest BCUT2D eigenvalue weighted by Gasteiger charge is -2.35. The Kier molecular flexibility index (Phi) is 4.40. The van der Waals surface area contributed by atoms with Crippen molar-refractivity contribution in [3.05, 3.63) is 71.3 Å². The summed E-state index contributed by atoms with van der Waals surface area (Å²) in [5.41, 5.74) is 4.28. The summed E-state index contributed by atoms with van der Waals surface area (Å²) in [4.78, 5) is 2.45. The van der Waals surface area contributed by atoms with E-state index in [1.807, 2.05) is 0 Å².